The molecule has 3 aromatic rings. The average Bonchev–Trinajstić information content (AvgIpc) is 2.90. The van der Waals surface area contributed by atoms with Gasteiger partial charge in [0.05, 0.1) is 5.39 Å². The highest BCUT2D eigenvalue weighted by atomic mass is 32.2. The van der Waals surface area contributed by atoms with E-state index in [2.05, 4.69) is 36.2 Å². The molecular formula is C15H14N2OS2. The minimum absolute atomic E-state index is 0.0305. The zero-order valence-corrected chi connectivity index (χ0v) is 12.9. The number of aromatic nitrogens is 2. The van der Waals surface area contributed by atoms with Crippen LogP contribution in [0.2, 0.25) is 0 Å². The van der Waals surface area contributed by atoms with Gasteiger partial charge in [-0.1, -0.05) is 41.6 Å². The fourth-order valence-electron chi connectivity index (χ4n) is 2.06. The molecule has 0 aliphatic heterocycles. The van der Waals surface area contributed by atoms with Gasteiger partial charge in [0, 0.05) is 12.8 Å². The van der Waals surface area contributed by atoms with E-state index in [4.69, 9.17) is 0 Å². The maximum absolute atomic E-state index is 12.2. The first-order valence-electron chi connectivity index (χ1n) is 6.28. The minimum Gasteiger partial charge on any atom is -0.290 e. The molecule has 0 amide bonds. The topological polar surface area (TPSA) is 34.9 Å². The third-order valence-electron chi connectivity index (χ3n) is 3.11. The van der Waals surface area contributed by atoms with Crippen LogP contribution >= 0.6 is 23.1 Å². The van der Waals surface area contributed by atoms with Crippen LogP contribution in [0.4, 0.5) is 0 Å². The highest BCUT2D eigenvalue weighted by Gasteiger charge is 2.09. The number of nitrogens with zero attached hydrogens (tertiary/aromatic N) is 2. The van der Waals surface area contributed by atoms with Crippen LogP contribution in [0.5, 0.6) is 0 Å². The summed E-state index contributed by atoms with van der Waals surface area (Å²) in [4.78, 5) is 17.6. The molecule has 2 heterocycles. The lowest BCUT2D eigenvalue weighted by Gasteiger charge is -2.07. The van der Waals surface area contributed by atoms with Gasteiger partial charge in [0.15, 0.2) is 5.16 Å². The van der Waals surface area contributed by atoms with Crippen molar-refractivity contribution in [3.63, 3.8) is 0 Å². The van der Waals surface area contributed by atoms with Gasteiger partial charge in [0.2, 0.25) is 0 Å². The Morgan fingerprint density at radius 3 is 3.00 bits per heavy atom. The smallest absolute Gasteiger partial charge is 0.262 e. The van der Waals surface area contributed by atoms with E-state index in [0.29, 0.717) is 5.39 Å². The molecule has 20 heavy (non-hydrogen) atoms. The van der Waals surface area contributed by atoms with Gasteiger partial charge in [0.25, 0.3) is 5.56 Å². The van der Waals surface area contributed by atoms with Crippen molar-refractivity contribution in [2.24, 2.45) is 7.05 Å². The minimum atomic E-state index is 0.0305. The van der Waals surface area contributed by atoms with Crippen LogP contribution in [0.1, 0.15) is 11.1 Å². The Kier molecular flexibility index (Phi) is 3.63. The molecule has 3 rings (SSSR count). The third-order valence-corrected chi connectivity index (χ3v) is 5.02. The first-order valence-corrected chi connectivity index (χ1v) is 8.14. The normalized spacial score (nSPS) is 11.1. The first-order chi connectivity index (χ1) is 9.65. The first kappa shape index (κ1) is 13.4. The number of aryl methyl sites for hydroxylation is 1. The summed E-state index contributed by atoms with van der Waals surface area (Å²) in [6.07, 6.45) is 0. The number of fused-ring (bicyclic) bond motifs is 1. The lowest BCUT2D eigenvalue weighted by Crippen LogP contribution is -2.19. The zero-order chi connectivity index (χ0) is 14.1. The maximum Gasteiger partial charge on any atom is 0.262 e. The van der Waals surface area contributed by atoms with E-state index < -0.39 is 0 Å². The number of benzene rings is 1. The molecule has 0 fully saturated rings. The van der Waals surface area contributed by atoms with Gasteiger partial charge in [-0.3, -0.25) is 9.36 Å². The van der Waals surface area contributed by atoms with Crippen molar-refractivity contribution in [2.45, 2.75) is 17.8 Å². The second kappa shape index (κ2) is 5.42. The van der Waals surface area contributed by atoms with Gasteiger partial charge in [-0.25, -0.2) is 4.98 Å². The third kappa shape index (κ3) is 2.51. The van der Waals surface area contributed by atoms with Crippen molar-refractivity contribution in [1.29, 1.82) is 0 Å². The van der Waals surface area contributed by atoms with Crippen LogP contribution < -0.4 is 5.56 Å². The fourth-order valence-corrected chi connectivity index (χ4v) is 3.78. The number of hydrogen-bond donors (Lipinski definition) is 0. The summed E-state index contributed by atoms with van der Waals surface area (Å²) in [7, 11) is 1.78. The van der Waals surface area contributed by atoms with Gasteiger partial charge in [-0.05, 0) is 23.9 Å². The number of rotatable bonds is 3. The SMILES string of the molecule is Cc1cccc(CSc2nc3sccc3c(=O)n2C)c1. The Morgan fingerprint density at radius 1 is 1.35 bits per heavy atom. The largest absolute Gasteiger partial charge is 0.290 e. The summed E-state index contributed by atoms with van der Waals surface area (Å²) in [6, 6.07) is 10.2. The van der Waals surface area contributed by atoms with Crippen molar-refractivity contribution in [3.8, 4) is 0 Å². The van der Waals surface area contributed by atoms with E-state index in [9.17, 15) is 4.79 Å². The van der Waals surface area contributed by atoms with Crippen LogP contribution in [0, 0.1) is 6.92 Å². The van der Waals surface area contributed by atoms with E-state index in [1.54, 1.807) is 23.4 Å². The predicted molar refractivity (Wildman–Crippen MR) is 85.6 cm³/mol. The van der Waals surface area contributed by atoms with E-state index >= 15 is 0 Å². The van der Waals surface area contributed by atoms with Crippen LogP contribution in [0.25, 0.3) is 10.2 Å². The molecule has 0 saturated heterocycles. The molecule has 3 nitrogen and oxygen atoms in total. The van der Waals surface area contributed by atoms with Crippen molar-refractivity contribution >= 4 is 33.3 Å². The second-order valence-corrected chi connectivity index (χ2v) is 6.51. The van der Waals surface area contributed by atoms with Gasteiger partial charge >= 0.3 is 0 Å². The highest BCUT2D eigenvalue weighted by molar-refractivity contribution is 7.98. The van der Waals surface area contributed by atoms with E-state index in [1.165, 1.54) is 22.5 Å². The molecule has 0 saturated carbocycles. The number of hydrogen-bond acceptors (Lipinski definition) is 4. The van der Waals surface area contributed by atoms with Crippen LogP contribution in [-0.2, 0) is 12.8 Å². The zero-order valence-electron chi connectivity index (χ0n) is 11.3. The lowest BCUT2D eigenvalue weighted by molar-refractivity contribution is 0.728. The molecule has 0 atom stereocenters. The van der Waals surface area contributed by atoms with Gasteiger partial charge in [0.1, 0.15) is 4.83 Å². The summed E-state index contributed by atoms with van der Waals surface area (Å²) in [6.45, 7) is 2.08. The molecule has 0 unspecified atom stereocenters. The quantitative estimate of drug-likeness (QED) is 0.548. The van der Waals surface area contributed by atoms with E-state index in [1.807, 2.05) is 11.4 Å². The molecular weight excluding hydrogens is 288 g/mol. The molecule has 0 aliphatic carbocycles. The Labute approximate surface area is 125 Å². The molecule has 0 bridgehead atoms. The molecule has 0 radical (unpaired) electrons. The van der Waals surface area contributed by atoms with Crippen LogP contribution in [-0.4, -0.2) is 9.55 Å². The fraction of sp³-hybridized carbons (Fsp3) is 0.200. The molecule has 0 aliphatic rings. The number of thioether (sulfide) groups is 1. The van der Waals surface area contributed by atoms with Crippen molar-refractivity contribution in [2.75, 3.05) is 0 Å². The summed E-state index contributed by atoms with van der Waals surface area (Å²) < 4.78 is 1.63. The standard InChI is InChI=1S/C15H14N2OS2/c1-10-4-3-5-11(8-10)9-20-15-16-13-12(6-7-19-13)14(18)17(15)2/h3-8H,9H2,1-2H3. The Balaban J connectivity index is 1.91. The Morgan fingerprint density at radius 2 is 2.20 bits per heavy atom. The molecule has 1 aromatic carbocycles. The molecule has 0 N–H and O–H groups in total. The molecule has 2 aromatic heterocycles. The molecule has 0 spiro atoms. The van der Waals surface area contributed by atoms with Gasteiger partial charge in [-0.2, -0.15) is 0 Å². The lowest BCUT2D eigenvalue weighted by atomic mass is 10.2. The summed E-state index contributed by atoms with van der Waals surface area (Å²) in [5, 5.41) is 3.39. The molecule has 102 valence electrons. The van der Waals surface area contributed by atoms with Crippen molar-refractivity contribution in [1.82, 2.24) is 9.55 Å². The van der Waals surface area contributed by atoms with Crippen LogP contribution in [0.15, 0.2) is 45.7 Å². The summed E-state index contributed by atoms with van der Waals surface area (Å²) in [5.41, 5.74) is 2.53. The highest BCUT2D eigenvalue weighted by Crippen LogP contribution is 2.23. The van der Waals surface area contributed by atoms with Gasteiger partial charge in [-0.15, -0.1) is 11.3 Å². The summed E-state index contributed by atoms with van der Waals surface area (Å²) >= 11 is 3.11. The number of thiophene rings is 1. The van der Waals surface area contributed by atoms with Crippen molar-refractivity contribution in [3.05, 3.63) is 57.2 Å². The molecule has 5 heteroatoms. The van der Waals surface area contributed by atoms with E-state index in [-0.39, 0.29) is 5.56 Å². The van der Waals surface area contributed by atoms with Crippen LogP contribution in [0.3, 0.4) is 0 Å². The second-order valence-electron chi connectivity index (χ2n) is 4.68. The predicted octanol–water partition coefficient (Wildman–Crippen LogP) is 3.60. The van der Waals surface area contributed by atoms with E-state index in [0.717, 1.165) is 15.7 Å². The Bertz CT molecular complexity index is 820. The van der Waals surface area contributed by atoms with Crippen molar-refractivity contribution < 1.29 is 0 Å². The average molecular weight is 302 g/mol. The maximum atomic E-state index is 12.2. The van der Waals surface area contributed by atoms with Gasteiger partial charge < -0.3 is 0 Å². The summed E-state index contributed by atoms with van der Waals surface area (Å²) in [5.74, 6) is 0.818. The monoisotopic (exact) mass is 302 g/mol. The Hall–Kier alpha value is -1.59.